The number of alkyl halides is 2. The molecule has 0 bridgehead atoms. The summed E-state index contributed by atoms with van der Waals surface area (Å²) in [6.07, 6.45) is 4.00. The van der Waals surface area contributed by atoms with Crippen molar-refractivity contribution in [3.63, 3.8) is 0 Å². The summed E-state index contributed by atoms with van der Waals surface area (Å²) < 4.78 is 54.2. The van der Waals surface area contributed by atoms with E-state index in [9.17, 15) is 22.0 Å². The molecular weight excluding hydrogens is 528 g/mol. The molecule has 1 spiro atoms. The van der Waals surface area contributed by atoms with Crippen molar-refractivity contribution in [3.8, 4) is 0 Å². The first-order valence-electron chi connectivity index (χ1n) is 13.4. The number of carbonyl (C=O) groups is 1. The van der Waals surface area contributed by atoms with Crippen LogP contribution in [0, 0.1) is 12.3 Å². The van der Waals surface area contributed by atoms with Crippen molar-refractivity contribution >= 4 is 38.9 Å². The number of aromatic nitrogens is 1. The number of nitrogens with one attached hydrogen (secondary N) is 2. The number of aryl methyl sites for hydroxylation is 1. The van der Waals surface area contributed by atoms with Gasteiger partial charge >= 0.3 is 0 Å². The van der Waals surface area contributed by atoms with E-state index in [1.54, 1.807) is 12.1 Å². The fourth-order valence-corrected chi connectivity index (χ4v) is 6.21. The lowest BCUT2D eigenvalue weighted by Crippen LogP contribution is -2.39. The fraction of sp³-hybridized carbons (Fsp3) is 0.556. The van der Waals surface area contributed by atoms with Gasteiger partial charge in [0.15, 0.2) is 0 Å². The highest BCUT2D eigenvalue weighted by Gasteiger charge is 2.45. The molecule has 1 aliphatic carbocycles. The van der Waals surface area contributed by atoms with Crippen LogP contribution in [0.4, 0.5) is 31.8 Å². The fourth-order valence-electron chi connectivity index (χ4n) is 5.43. The van der Waals surface area contributed by atoms with Crippen molar-refractivity contribution in [1.29, 1.82) is 0 Å². The Balaban J connectivity index is 1.39. The maximum atomic E-state index is 13.7. The molecule has 0 radical (unpaired) electrons. The number of nitrogens with zero attached hydrogens (tertiary/aromatic N) is 3. The minimum Gasteiger partial charge on any atom is -0.395 e. The number of halogens is 2. The summed E-state index contributed by atoms with van der Waals surface area (Å²) in [5, 5.41) is 12.0. The van der Waals surface area contributed by atoms with Gasteiger partial charge < -0.3 is 20.2 Å². The van der Waals surface area contributed by atoms with Gasteiger partial charge in [0.05, 0.1) is 17.9 Å². The van der Waals surface area contributed by atoms with Gasteiger partial charge in [-0.05, 0) is 73.9 Å². The number of pyridine rings is 1. The van der Waals surface area contributed by atoms with Crippen LogP contribution in [0.25, 0.3) is 0 Å². The summed E-state index contributed by atoms with van der Waals surface area (Å²) in [5.41, 5.74) is 2.92. The number of sulfonamides is 1. The number of hydrogen-bond donors (Lipinski definition) is 3. The van der Waals surface area contributed by atoms with Gasteiger partial charge in [-0.2, -0.15) is 0 Å². The first-order chi connectivity index (χ1) is 18.5. The minimum absolute atomic E-state index is 0.0847. The average Bonchev–Trinajstić information content (AvgIpc) is 3.62. The highest BCUT2D eigenvalue weighted by molar-refractivity contribution is 7.92. The molecule has 1 aromatic carbocycles. The van der Waals surface area contributed by atoms with E-state index in [1.165, 1.54) is 18.9 Å². The third-order valence-electron chi connectivity index (χ3n) is 8.00. The molecule has 5 rings (SSSR count). The number of aliphatic hydroxyl groups excluding tert-OH is 1. The molecule has 2 aromatic rings. The molecule has 12 heteroatoms. The number of carbonyl (C=O) groups excluding carboxylic acids is 1. The number of rotatable bonds is 8. The van der Waals surface area contributed by atoms with Gasteiger partial charge in [-0.15, -0.1) is 0 Å². The molecule has 1 aromatic heterocycles. The summed E-state index contributed by atoms with van der Waals surface area (Å²) in [4.78, 5) is 22.0. The van der Waals surface area contributed by atoms with Crippen LogP contribution in [0.5, 0.6) is 0 Å². The molecule has 39 heavy (non-hydrogen) atoms. The number of piperidine rings is 2. The Kier molecular flexibility index (Phi) is 7.45. The average molecular weight is 564 g/mol. The Morgan fingerprint density at radius 2 is 1.67 bits per heavy atom. The van der Waals surface area contributed by atoms with Gasteiger partial charge in [0, 0.05) is 50.4 Å². The van der Waals surface area contributed by atoms with Crippen molar-refractivity contribution in [2.24, 2.45) is 5.41 Å². The van der Waals surface area contributed by atoms with Crippen LogP contribution in [-0.4, -0.2) is 68.9 Å². The zero-order valence-electron chi connectivity index (χ0n) is 22.0. The molecule has 9 nitrogen and oxygen atoms in total. The lowest BCUT2D eigenvalue weighted by molar-refractivity contribution is -0.0220. The second-order valence-corrected chi connectivity index (χ2v) is 12.9. The molecule has 0 unspecified atom stereocenters. The largest absolute Gasteiger partial charge is 0.395 e. The van der Waals surface area contributed by atoms with Crippen LogP contribution in [-0.2, 0) is 10.0 Å². The Labute approximate surface area is 227 Å². The SMILES string of the molecule is Cc1cc(NC(=O)c2ccc(NS(=O)(=O)CCO)nc2N2CCC3(CC2)CC3)cc(N2CCC(F)(F)CC2)c1. The number of hydrogen-bond acceptors (Lipinski definition) is 7. The molecule has 212 valence electrons. The van der Waals surface area contributed by atoms with E-state index in [4.69, 9.17) is 5.11 Å². The Hall–Kier alpha value is -2.99. The predicted octanol–water partition coefficient (Wildman–Crippen LogP) is 3.99. The van der Waals surface area contributed by atoms with Gasteiger partial charge in [-0.1, -0.05) is 0 Å². The Bertz CT molecular complexity index is 1330. The van der Waals surface area contributed by atoms with Crippen molar-refractivity contribution in [1.82, 2.24) is 4.98 Å². The number of aliphatic hydroxyl groups is 1. The van der Waals surface area contributed by atoms with Crippen LogP contribution < -0.4 is 19.8 Å². The normalized spacial score (nSPS) is 20.1. The van der Waals surface area contributed by atoms with E-state index in [0.29, 0.717) is 35.6 Å². The number of anilines is 4. The quantitative estimate of drug-likeness (QED) is 0.445. The predicted molar refractivity (Wildman–Crippen MR) is 147 cm³/mol. The highest BCUT2D eigenvalue weighted by atomic mass is 32.2. The zero-order valence-corrected chi connectivity index (χ0v) is 22.9. The molecule has 0 atom stereocenters. The lowest BCUT2D eigenvalue weighted by atomic mass is 9.93. The highest BCUT2D eigenvalue weighted by Crippen LogP contribution is 2.54. The monoisotopic (exact) mass is 563 g/mol. The van der Waals surface area contributed by atoms with Crippen molar-refractivity contribution in [2.75, 3.05) is 58.4 Å². The maximum Gasteiger partial charge on any atom is 0.259 e. The minimum atomic E-state index is -3.78. The van der Waals surface area contributed by atoms with Gasteiger partial charge in [0.25, 0.3) is 11.8 Å². The second kappa shape index (κ2) is 10.5. The van der Waals surface area contributed by atoms with E-state index in [1.807, 2.05) is 28.9 Å². The van der Waals surface area contributed by atoms with E-state index < -0.39 is 34.2 Å². The summed E-state index contributed by atoms with van der Waals surface area (Å²) in [7, 11) is -3.78. The topological polar surface area (TPSA) is 115 Å². The molecule has 1 amide bonds. The van der Waals surface area contributed by atoms with Crippen molar-refractivity contribution in [3.05, 3.63) is 41.5 Å². The zero-order chi connectivity index (χ0) is 27.8. The third-order valence-corrected chi connectivity index (χ3v) is 9.24. The van der Waals surface area contributed by atoms with E-state index in [-0.39, 0.29) is 31.7 Å². The van der Waals surface area contributed by atoms with Crippen LogP contribution in [0.2, 0.25) is 0 Å². The molecule has 2 saturated heterocycles. The number of benzene rings is 1. The molecule has 3 fully saturated rings. The van der Waals surface area contributed by atoms with Gasteiger partial charge in [-0.25, -0.2) is 22.2 Å². The van der Waals surface area contributed by atoms with E-state index in [0.717, 1.165) is 24.1 Å². The number of amides is 1. The van der Waals surface area contributed by atoms with Crippen LogP contribution in [0.15, 0.2) is 30.3 Å². The molecule has 3 N–H and O–H groups in total. The molecule has 2 aliphatic heterocycles. The standard InChI is InChI=1S/C27H35F2N5O4S/c1-19-16-20(18-21(17-19)33-12-8-27(28,29)9-13-33)30-25(36)22-2-3-23(32-39(37,38)15-14-35)31-24(22)34-10-6-26(4-5-26)7-11-34/h2-3,16-18,35H,4-15H2,1H3,(H,30,36)(H,31,32). The second-order valence-electron chi connectivity index (χ2n) is 11.1. The van der Waals surface area contributed by atoms with E-state index in [2.05, 4.69) is 15.0 Å². The third kappa shape index (κ3) is 6.60. The van der Waals surface area contributed by atoms with Crippen LogP contribution >= 0.6 is 0 Å². The van der Waals surface area contributed by atoms with Gasteiger partial charge in [0.2, 0.25) is 10.0 Å². The van der Waals surface area contributed by atoms with Crippen LogP contribution in [0.3, 0.4) is 0 Å². The van der Waals surface area contributed by atoms with Crippen molar-refractivity contribution < 1.29 is 27.1 Å². The lowest BCUT2D eigenvalue weighted by Gasteiger charge is -2.34. The summed E-state index contributed by atoms with van der Waals surface area (Å²) in [5.74, 6) is -3.01. The first kappa shape index (κ1) is 27.6. The van der Waals surface area contributed by atoms with Gasteiger partial charge in [-0.3, -0.25) is 9.52 Å². The van der Waals surface area contributed by atoms with Gasteiger partial charge in [0.1, 0.15) is 11.6 Å². The summed E-state index contributed by atoms with van der Waals surface area (Å²) in [6, 6.07) is 8.52. The molecule has 3 heterocycles. The first-order valence-corrected chi connectivity index (χ1v) is 15.1. The van der Waals surface area contributed by atoms with Crippen molar-refractivity contribution in [2.45, 2.75) is 51.4 Å². The van der Waals surface area contributed by atoms with Crippen LogP contribution in [0.1, 0.15) is 54.4 Å². The molecular formula is C27H35F2N5O4S. The summed E-state index contributed by atoms with van der Waals surface area (Å²) >= 11 is 0. The Morgan fingerprint density at radius 3 is 2.31 bits per heavy atom. The summed E-state index contributed by atoms with van der Waals surface area (Å²) in [6.45, 7) is 3.28. The maximum absolute atomic E-state index is 13.7. The molecule has 3 aliphatic rings. The smallest absolute Gasteiger partial charge is 0.259 e. The Morgan fingerprint density at radius 1 is 1.00 bits per heavy atom. The molecule has 1 saturated carbocycles. The van der Waals surface area contributed by atoms with E-state index >= 15 is 0 Å².